The van der Waals surface area contributed by atoms with E-state index in [0.29, 0.717) is 5.76 Å². The highest BCUT2D eigenvalue weighted by Gasteiger charge is 2.60. The zero-order valence-corrected chi connectivity index (χ0v) is 13.6. The Balaban J connectivity index is 1.57. The summed E-state index contributed by atoms with van der Waals surface area (Å²) in [5.74, 6) is 0.398. The van der Waals surface area contributed by atoms with E-state index < -0.39 is 0 Å². The van der Waals surface area contributed by atoms with Crippen molar-refractivity contribution in [2.75, 3.05) is 0 Å². The molecule has 4 nitrogen and oxygen atoms in total. The Labute approximate surface area is 146 Å². The maximum atomic E-state index is 12.6. The van der Waals surface area contributed by atoms with Crippen molar-refractivity contribution in [3.8, 4) is 0 Å². The Bertz CT molecular complexity index is 831. The predicted octanol–water partition coefficient (Wildman–Crippen LogP) is 3.74. The molecule has 25 heavy (non-hydrogen) atoms. The van der Waals surface area contributed by atoms with E-state index in [-0.39, 0.29) is 17.2 Å². The van der Waals surface area contributed by atoms with Crippen LogP contribution >= 0.6 is 0 Å². The highest BCUT2D eigenvalue weighted by Crippen LogP contribution is 2.58. The molecule has 1 unspecified atom stereocenters. The van der Waals surface area contributed by atoms with Crippen molar-refractivity contribution in [2.24, 2.45) is 11.0 Å². The van der Waals surface area contributed by atoms with Gasteiger partial charge in [-0.05, 0) is 29.7 Å². The van der Waals surface area contributed by atoms with E-state index in [1.807, 2.05) is 36.4 Å². The van der Waals surface area contributed by atoms with Crippen LogP contribution in [-0.2, 0) is 10.2 Å². The van der Waals surface area contributed by atoms with Gasteiger partial charge in [-0.1, -0.05) is 60.7 Å². The number of hydrazone groups is 1. The molecule has 4 rings (SSSR count). The standard InChI is InChI=1S/C21H18N2O2/c24-20(23-22-15-18-12-7-13-25-18)19-14-21(19,16-8-3-1-4-9-16)17-10-5-2-6-11-17/h1-13,15,19H,14H2,(H,23,24)/b22-15-. The van der Waals surface area contributed by atoms with Crippen LogP contribution in [-0.4, -0.2) is 12.1 Å². The molecule has 1 fully saturated rings. The smallest absolute Gasteiger partial charge is 0.244 e. The lowest BCUT2D eigenvalue weighted by atomic mass is 9.85. The second kappa shape index (κ2) is 6.40. The first-order valence-corrected chi connectivity index (χ1v) is 8.28. The van der Waals surface area contributed by atoms with Crippen molar-refractivity contribution >= 4 is 12.1 Å². The van der Waals surface area contributed by atoms with E-state index in [4.69, 9.17) is 4.42 Å². The first kappa shape index (κ1) is 15.4. The highest BCUT2D eigenvalue weighted by molar-refractivity contribution is 5.87. The molecule has 1 heterocycles. The molecule has 0 spiro atoms. The molecule has 1 N–H and O–H groups in total. The van der Waals surface area contributed by atoms with Crippen molar-refractivity contribution < 1.29 is 9.21 Å². The predicted molar refractivity (Wildman–Crippen MR) is 96.2 cm³/mol. The number of benzene rings is 2. The van der Waals surface area contributed by atoms with Gasteiger partial charge in [0, 0.05) is 5.41 Å². The van der Waals surface area contributed by atoms with Gasteiger partial charge in [-0.25, -0.2) is 5.43 Å². The first-order valence-electron chi connectivity index (χ1n) is 8.28. The number of rotatable bonds is 5. The molecule has 0 bridgehead atoms. The summed E-state index contributed by atoms with van der Waals surface area (Å²) in [6.07, 6.45) is 3.86. The quantitative estimate of drug-likeness (QED) is 0.572. The normalized spacial score (nSPS) is 18.2. The van der Waals surface area contributed by atoms with E-state index in [1.54, 1.807) is 18.4 Å². The van der Waals surface area contributed by atoms with Crippen LogP contribution in [0.15, 0.2) is 88.6 Å². The molecule has 124 valence electrons. The summed E-state index contributed by atoms with van der Waals surface area (Å²) in [4.78, 5) is 12.6. The van der Waals surface area contributed by atoms with Gasteiger partial charge >= 0.3 is 0 Å². The van der Waals surface area contributed by atoms with E-state index in [2.05, 4.69) is 34.8 Å². The molecule has 1 aliphatic carbocycles. The fourth-order valence-corrected chi connectivity index (χ4v) is 3.46. The van der Waals surface area contributed by atoms with E-state index in [0.717, 1.165) is 17.5 Å². The van der Waals surface area contributed by atoms with Crippen LogP contribution < -0.4 is 5.43 Å². The van der Waals surface area contributed by atoms with Crippen molar-refractivity contribution in [2.45, 2.75) is 11.8 Å². The third-order valence-electron chi connectivity index (χ3n) is 4.76. The highest BCUT2D eigenvalue weighted by atomic mass is 16.3. The molecule has 0 radical (unpaired) electrons. The van der Waals surface area contributed by atoms with Crippen molar-refractivity contribution in [3.05, 3.63) is 95.9 Å². The Kier molecular flexibility index (Phi) is 3.94. The van der Waals surface area contributed by atoms with Crippen LogP contribution in [0.1, 0.15) is 23.3 Å². The van der Waals surface area contributed by atoms with Gasteiger partial charge in [0.1, 0.15) is 5.76 Å². The number of hydrogen-bond acceptors (Lipinski definition) is 3. The fraction of sp³-hybridized carbons (Fsp3) is 0.143. The van der Waals surface area contributed by atoms with Gasteiger partial charge < -0.3 is 4.42 Å². The second-order valence-corrected chi connectivity index (χ2v) is 6.21. The van der Waals surface area contributed by atoms with Crippen molar-refractivity contribution in [3.63, 3.8) is 0 Å². The van der Waals surface area contributed by atoms with E-state index in [1.165, 1.54) is 6.21 Å². The molecular formula is C21H18N2O2. The molecule has 1 atom stereocenters. The first-order chi connectivity index (χ1) is 12.3. The Hall–Kier alpha value is -3.14. The van der Waals surface area contributed by atoms with E-state index in [9.17, 15) is 4.79 Å². The van der Waals surface area contributed by atoms with Crippen LogP contribution in [0.4, 0.5) is 0 Å². The Morgan fingerprint density at radius 1 is 1.00 bits per heavy atom. The Morgan fingerprint density at radius 3 is 2.20 bits per heavy atom. The zero-order valence-electron chi connectivity index (χ0n) is 13.6. The van der Waals surface area contributed by atoms with Gasteiger partial charge in [-0.15, -0.1) is 0 Å². The monoisotopic (exact) mass is 330 g/mol. The van der Waals surface area contributed by atoms with Gasteiger partial charge in [-0.3, -0.25) is 4.79 Å². The lowest BCUT2D eigenvalue weighted by molar-refractivity contribution is -0.122. The lowest BCUT2D eigenvalue weighted by Gasteiger charge is -2.18. The third-order valence-corrected chi connectivity index (χ3v) is 4.76. The number of furan rings is 1. The molecule has 1 aromatic heterocycles. The summed E-state index contributed by atoms with van der Waals surface area (Å²) in [5, 5.41) is 4.01. The molecule has 0 saturated heterocycles. The molecule has 1 saturated carbocycles. The van der Waals surface area contributed by atoms with Crippen molar-refractivity contribution in [1.29, 1.82) is 0 Å². The summed E-state index contributed by atoms with van der Waals surface area (Å²) in [6, 6.07) is 24.0. The second-order valence-electron chi connectivity index (χ2n) is 6.21. The number of carbonyl (C=O) groups is 1. The van der Waals surface area contributed by atoms with Crippen molar-refractivity contribution in [1.82, 2.24) is 5.43 Å². The number of nitrogens with one attached hydrogen (secondary N) is 1. The minimum absolute atomic E-state index is 0.0736. The molecule has 3 aromatic rings. The number of hydrogen-bond donors (Lipinski definition) is 1. The summed E-state index contributed by atoms with van der Waals surface area (Å²) >= 11 is 0. The topological polar surface area (TPSA) is 54.6 Å². The molecule has 1 aliphatic rings. The van der Waals surface area contributed by atoms with Gasteiger partial charge in [0.25, 0.3) is 0 Å². The minimum atomic E-state index is -0.271. The van der Waals surface area contributed by atoms with Gasteiger partial charge in [-0.2, -0.15) is 5.10 Å². The largest absolute Gasteiger partial charge is 0.463 e. The summed E-state index contributed by atoms with van der Waals surface area (Å²) < 4.78 is 5.17. The molecule has 4 heteroatoms. The maximum absolute atomic E-state index is 12.6. The number of nitrogens with zero attached hydrogens (tertiary/aromatic N) is 1. The van der Waals surface area contributed by atoms with Gasteiger partial charge in [0.15, 0.2) is 0 Å². The maximum Gasteiger partial charge on any atom is 0.244 e. The van der Waals surface area contributed by atoms with Gasteiger partial charge in [0.05, 0.1) is 18.4 Å². The number of carbonyl (C=O) groups excluding carboxylic acids is 1. The average Bonchev–Trinajstić information content (AvgIpc) is 3.23. The van der Waals surface area contributed by atoms with Crippen LogP contribution in [0.2, 0.25) is 0 Å². The minimum Gasteiger partial charge on any atom is -0.463 e. The summed E-state index contributed by atoms with van der Waals surface area (Å²) in [6.45, 7) is 0. The summed E-state index contributed by atoms with van der Waals surface area (Å²) in [5.41, 5.74) is 4.70. The van der Waals surface area contributed by atoms with Crippen LogP contribution in [0.5, 0.6) is 0 Å². The lowest BCUT2D eigenvalue weighted by Crippen LogP contribution is -2.25. The Morgan fingerprint density at radius 2 is 1.64 bits per heavy atom. The molecule has 2 aromatic carbocycles. The van der Waals surface area contributed by atoms with Crippen LogP contribution in [0, 0.1) is 5.92 Å². The zero-order chi connectivity index (χ0) is 17.1. The average molecular weight is 330 g/mol. The molecular weight excluding hydrogens is 312 g/mol. The van der Waals surface area contributed by atoms with Gasteiger partial charge in [0.2, 0.25) is 5.91 Å². The van der Waals surface area contributed by atoms with E-state index >= 15 is 0 Å². The molecule has 0 aliphatic heterocycles. The summed E-state index contributed by atoms with van der Waals surface area (Å²) in [7, 11) is 0. The third kappa shape index (κ3) is 2.87. The van der Waals surface area contributed by atoms with Crippen LogP contribution in [0.3, 0.4) is 0 Å². The number of amides is 1. The fourth-order valence-electron chi connectivity index (χ4n) is 3.46. The SMILES string of the molecule is O=C(N/N=C\c1ccco1)C1CC1(c1ccccc1)c1ccccc1. The van der Waals surface area contributed by atoms with Crippen LogP contribution in [0.25, 0.3) is 0 Å². The molecule has 1 amide bonds.